The van der Waals surface area contributed by atoms with Crippen molar-refractivity contribution in [2.45, 2.75) is 25.4 Å². The van der Waals surface area contributed by atoms with Gasteiger partial charge in [0.15, 0.2) is 0 Å². The molecular weight excluding hydrogens is 332 g/mol. The first-order chi connectivity index (χ1) is 9.95. The summed E-state index contributed by atoms with van der Waals surface area (Å²) in [7, 11) is 0. The number of aliphatic hydroxyl groups excluding tert-OH is 1. The van der Waals surface area contributed by atoms with Crippen LogP contribution >= 0.6 is 24.0 Å². The number of aliphatic hydroxyl groups is 1. The molecule has 2 aromatic rings. The highest BCUT2D eigenvalue weighted by molar-refractivity contribution is 6.35. The topological polar surface area (TPSA) is 81.1 Å². The van der Waals surface area contributed by atoms with Gasteiger partial charge >= 0.3 is 0 Å². The Balaban J connectivity index is 0.00000176. The molecule has 8 heteroatoms. The van der Waals surface area contributed by atoms with Crippen molar-refractivity contribution in [1.29, 1.82) is 0 Å². The van der Waals surface area contributed by atoms with Crippen LogP contribution in [-0.4, -0.2) is 21.3 Å². The maximum atomic E-state index is 13.6. The molecule has 1 fully saturated rings. The van der Waals surface area contributed by atoms with Crippen molar-refractivity contribution in [3.8, 4) is 0 Å². The zero-order valence-electron chi connectivity index (χ0n) is 11.8. The molecule has 120 valence electrons. The van der Waals surface area contributed by atoms with Gasteiger partial charge in [-0.15, -0.1) is 12.4 Å². The Morgan fingerprint density at radius 1 is 1.59 bits per heavy atom. The summed E-state index contributed by atoms with van der Waals surface area (Å²) in [5.74, 6) is -0.222. The van der Waals surface area contributed by atoms with E-state index in [1.165, 1.54) is 16.7 Å². The first-order valence-electron chi connectivity index (χ1n) is 6.72. The van der Waals surface area contributed by atoms with Crippen molar-refractivity contribution in [2.24, 2.45) is 11.7 Å². The summed E-state index contributed by atoms with van der Waals surface area (Å²) in [6, 6.07) is 2.00. The Morgan fingerprint density at radius 3 is 2.82 bits per heavy atom. The number of hydrogen-bond acceptors (Lipinski definition) is 4. The predicted molar refractivity (Wildman–Crippen MR) is 85.1 cm³/mol. The highest BCUT2D eigenvalue weighted by Crippen LogP contribution is 2.43. The molecule has 0 radical (unpaired) electrons. The minimum atomic E-state index is -0.655. The average Bonchev–Trinajstić information content (AvgIpc) is 3.21. The number of fused-ring (bicyclic) bond motifs is 1. The van der Waals surface area contributed by atoms with Gasteiger partial charge < -0.3 is 10.8 Å². The summed E-state index contributed by atoms with van der Waals surface area (Å²) in [4.78, 5) is 17.1. The molecule has 1 aromatic heterocycles. The minimum Gasteiger partial charge on any atom is -0.396 e. The smallest absolute Gasteiger partial charge is 0.263 e. The number of benzene rings is 1. The maximum Gasteiger partial charge on any atom is 0.263 e. The maximum absolute atomic E-state index is 13.6. The number of nitrogens with zero attached hydrogens (tertiary/aromatic N) is 2. The van der Waals surface area contributed by atoms with Crippen molar-refractivity contribution in [1.82, 2.24) is 9.55 Å². The summed E-state index contributed by atoms with van der Waals surface area (Å²) >= 11 is 5.92. The molecule has 3 atom stereocenters. The van der Waals surface area contributed by atoms with Crippen LogP contribution in [0.3, 0.4) is 0 Å². The molecule has 1 saturated carbocycles. The second-order valence-electron chi connectivity index (χ2n) is 5.44. The van der Waals surface area contributed by atoms with Gasteiger partial charge in [-0.05, 0) is 25.5 Å². The zero-order chi connectivity index (χ0) is 15.3. The van der Waals surface area contributed by atoms with Crippen molar-refractivity contribution in [3.63, 3.8) is 0 Å². The normalized spacial score (nSPS) is 21.5. The van der Waals surface area contributed by atoms with E-state index in [1.807, 2.05) is 0 Å². The molecule has 1 aliphatic carbocycles. The molecule has 5 nitrogen and oxygen atoms in total. The van der Waals surface area contributed by atoms with E-state index in [-0.39, 0.29) is 41.4 Å². The lowest BCUT2D eigenvalue weighted by atomic mass is 10.2. The first kappa shape index (κ1) is 17.1. The molecule has 3 N–H and O–H groups in total. The summed E-state index contributed by atoms with van der Waals surface area (Å²) < 4.78 is 15.1. The molecule has 2 unspecified atom stereocenters. The van der Waals surface area contributed by atoms with Gasteiger partial charge in [-0.25, -0.2) is 9.37 Å². The van der Waals surface area contributed by atoms with Crippen molar-refractivity contribution < 1.29 is 9.50 Å². The van der Waals surface area contributed by atoms with E-state index in [0.717, 1.165) is 0 Å². The van der Waals surface area contributed by atoms with Crippen LogP contribution in [0.1, 0.15) is 31.3 Å². The molecule has 3 rings (SSSR count). The molecule has 0 saturated heterocycles. The van der Waals surface area contributed by atoms with E-state index >= 15 is 0 Å². The Bertz CT molecular complexity index is 779. The molecule has 1 heterocycles. The highest BCUT2D eigenvalue weighted by atomic mass is 35.5. The molecule has 0 aliphatic heterocycles. The van der Waals surface area contributed by atoms with Gasteiger partial charge in [0.2, 0.25) is 0 Å². The lowest BCUT2D eigenvalue weighted by Gasteiger charge is -2.16. The Morgan fingerprint density at radius 2 is 2.27 bits per heavy atom. The molecular formula is C14H16Cl2FN3O2. The molecule has 0 bridgehead atoms. The SMILES string of the molecule is C[C@H](N)c1nc2ccc(F)c(Cl)c2c(=O)n1C1CC1CO.Cl. The predicted octanol–water partition coefficient (Wildman–Crippen LogP) is 2.18. The van der Waals surface area contributed by atoms with Crippen LogP contribution in [0.15, 0.2) is 16.9 Å². The largest absolute Gasteiger partial charge is 0.396 e. The van der Waals surface area contributed by atoms with Gasteiger partial charge in [-0.3, -0.25) is 9.36 Å². The van der Waals surface area contributed by atoms with Crippen LogP contribution in [0.4, 0.5) is 4.39 Å². The van der Waals surface area contributed by atoms with E-state index in [9.17, 15) is 14.3 Å². The molecule has 0 spiro atoms. The van der Waals surface area contributed by atoms with Crippen molar-refractivity contribution in [2.75, 3.05) is 6.61 Å². The van der Waals surface area contributed by atoms with Gasteiger partial charge in [0.05, 0.1) is 22.0 Å². The zero-order valence-corrected chi connectivity index (χ0v) is 13.4. The summed E-state index contributed by atoms with van der Waals surface area (Å²) in [5.41, 5.74) is 5.83. The Labute approximate surface area is 137 Å². The monoisotopic (exact) mass is 347 g/mol. The van der Waals surface area contributed by atoms with E-state index in [0.29, 0.717) is 17.8 Å². The molecule has 1 aromatic carbocycles. The van der Waals surface area contributed by atoms with Gasteiger partial charge in [-0.1, -0.05) is 11.6 Å². The number of nitrogens with two attached hydrogens (primary N) is 1. The number of hydrogen-bond donors (Lipinski definition) is 2. The van der Waals surface area contributed by atoms with Crippen molar-refractivity contribution in [3.05, 3.63) is 39.2 Å². The second-order valence-corrected chi connectivity index (χ2v) is 5.81. The number of rotatable bonds is 3. The standard InChI is InChI=1S/C14H15ClFN3O2.ClH/c1-6(17)13-18-9-3-2-8(16)12(15)11(9)14(21)19(13)10-4-7(10)5-20;/h2-3,6-7,10,20H,4-5,17H2,1H3;1H/t6-,7?,10?;/m0./s1. The van der Waals surface area contributed by atoms with Crippen LogP contribution in [0.25, 0.3) is 10.9 Å². The molecule has 0 amide bonds. The number of aromatic nitrogens is 2. The summed E-state index contributed by atoms with van der Waals surface area (Å²) in [5, 5.41) is 9.05. The third kappa shape index (κ3) is 2.60. The fraction of sp³-hybridized carbons (Fsp3) is 0.429. The van der Waals surface area contributed by atoms with Gasteiger partial charge in [0, 0.05) is 18.6 Å². The van der Waals surface area contributed by atoms with Gasteiger partial charge in [0.1, 0.15) is 11.6 Å². The lowest BCUT2D eigenvalue weighted by molar-refractivity contribution is 0.267. The van der Waals surface area contributed by atoms with Crippen LogP contribution in [0.2, 0.25) is 5.02 Å². The average molecular weight is 348 g/mol. The quantitative estimate of drug-likeness (QED) is 0.891. The van der Waals surface area contributed by atoms with E-state index in [4.69, 9.17) is 17.3 Å². The van der Waals surface area contributed by atoms with Crippen LogP contribution in [-0.2, 0) is 0 Å². The highest BCUT2D eigenvalue weighted by Gasteiger charge is 2.41. The van der Waals surface area contributed by atoms with E-state index in [2.05, 4.69) is 4.98 Å². The van der Waals surface area contributed by atoms with Crippen LogP contribution < -0.4 is 11.3 Å². The Hall–Kier alpha value is -1.21. The fourth-order valence-electron chi connectivity index (χ4n) is 2.62. The van der Waals surface area contributed by atoms with E-state index < -0.39 is 17.4 Å². The summed E-state index contributed by atoms with van der Waals surface area (Å²) in [6.07, 6.45) is 0.677. The summed E-state index contributed by atoms with van der Waals surface area (Å²) in [6.45, 7) is 1.72. The first-order valence-corrected chi connectivity index (χ1v) is 7.10. The second kappa shape index (κ2) is 6.12. The number of halogens is 3. The molecule has 22 heavy (non-hydrogen) atoms. The third-order valence-electron chi connectivity index (χ3n) is 3.85. The van der Waals surface area contributed by atoms with Crippen molar-refractivity contribution >= 4 is 34.9 Å². The van der Waals surface area contributed by atoms with Crippen LogP contribution in [0, 0.1) is 11.7 Å². The van der Waals surface area contributed by atoms with Gasteiger partial charge in [0.25, 0.3) is 5.56 Å². The minimum absolute atomic E-state index is 0. The molecule has 1 aliphatic rings. The van der Waals surface area contributed by atoms with Gasteiger partial charge in [-0.2, -0.15) is 0 Å². The Kier molecular flexibility index (Phi) is 4.77. The third-order valence-corrected chi connectivity index (χ3v) is 4.22. The lowest BCUT2D eigenvalue weighted by Crippen LogP contribution is -2.29. The fourth-order valence-corrected chi connectivity index (χ4v) is 2.87. The van der Waals surface area contributed by atoms with Crippen LogP contribution in [0.5, 0.6) is 0 Å². The van der Waals surface area contributed by atoms with E-state index in [1.54, 1.807) is 6.92 Å².